The van der Waals surface area contributed by atoms with Crippen molar-refractivity contribution in [1.29, 1.82) is 0 Å². The smallest absolute Gasteiger partial charge is 0.234 e. The van der Waals surface area contributed by atoms with Gasteiger partial charge in [0.2, 0.25) is 4.96 Å². The van der Waals surface area contributed by atoms with E-state index in [1.807, 2.05) is 6.92 Å². The first-order valence-corrected chi connectivity index (χ1v) is 5.89. The maximum atomic E-state index is 4.44. The maximum Gasteiger partial charge on any atom is 0.234 e. The highest BCUT2D eigenvalue weighted by atomic mass is 32.1. The standard InChI is InChI=1S/C9H15N5S/c1-6(2)10-5-4-8-13-14-7(3)11-12-9(14)15-8/h6,10H,4-5H2,1-3H3. The second-order valence-corrected chi connectivity index (χ2v) is 4.84. The van der Waals surface area contributed by atoms with Gasteiger partial charge >= 0.3 is 0 Å². The van der Waals surface area contributed by atoms with Gasteiger partial charge in [0.15, 0.2) is 5.82 Å². The third kappa shape index (κ3) is 2.32. The topological polar surface area (TPSA) is 55.1 Å². The highest BCUT2D eigenvalue weighted by molar-refractivity contribution is 7.16. The van der Waals surface area contributed by atoms with Crippen LogP contribution in [0.25, 0.3) is 4.96 Å². The van der Waals surface area contributed by atoms with Crippen LogP contribution in [0, 0.1) is 6.92 Å². The van der Waals surface area contributed by atoms with Gasteiger partial charge in [0, 0.05) is 19.0 Å². The van der Waals surface area contributed by atoms with Crippen molar-refractivity contribution in [2.24, 2.45) is 0 Å². The Hall–Kier alpha value is -1.01. The number of fused-ring (bicyclic) bond motifs is 1. The number of hydrogen-bond acceptors (Lipinski definition) is 5. The molecule has 1 N–H and O–H groups in total. The minimum atomic E-state index is 0.525. The van der Waals surface area contributed by atoms with Crippen molar-refractivity contribution in [2.45, 2.75) is 33.2 Å². The minimum Gasteiger partial charge on any atom is -0.314 e. The lowest BCUT2D eigenvalue weighted by Gasteiger charge is -2.05. The number of rotatable bonds is 4. The maximum absolute atomic E-state index is 4.44. The van der Waals surface area contributed by atoms with Crippen LogP contribution in [0.15, 0.2) is 0 Å². The Morgan fingerprint density at radius 2 is 2.20 bits per heavy atom. The quantitative estimate of drug-likeness (QED) is 0.844. The van der Waals surface area contributed by atoms with Crippen LogP contribution >= 0.6 is 11.3 Å². The fourth-order valence-electron chi connectivity index (χ4n) is 1.32. The molecule has 0 saturated carbocycles. The zero-order valence-electron chi connectivity index (χ0n) is 9.19. The molecule has 15 heavy (non-hydrogen) atoms. The first-order valence-electron chi connectivity index (χ1n) is 5.08. The number of hydrogen-bond donors (Lipinski definition) is 1. The molecule has 0 aliphatic heterocycles. The molecule has 0 bridgehead atoms. The Morgan fingerprint density at radius 3 is 2.87 bits per heavy atom. The van der Waals surface area contributed by atoms with Gasteiger partial charge in [0.25, 0.3) is 0 Å². The minimum absolute atomic E-state index is 0.525. The molecule has 2 rings (SSSR count). The molecule has 0 aliphatic rings. The lowest BCUT2D eigenvalue weighted by atomic mass is 10.3. The molecular weight excluding hydrogens is 210 g/mol. The van der Waals surface area contributed by atoms with Crippen molar-refractivity contribution < 1.29 is 0 Å². The first-order chi connectivity index (χ1) is 7.16. The van der Waals surface area contributed by atoms with Crippen molar-refractivity contribution in [2.75, 3.05) is 6.54 Å². The predicted octanol–water partition coefficient (Wildman–Crippen LogP) is 1.03. The second-order valence-electron chi connectivity index (χ2n) is 3.80. The SMILES string of the molecule is Cc1nnc2sc(CCNC(C)C)nn12. The molecule has 2 aromatic heterocycles. The van der Waals surface area contributed by atoms with Crippen molar-refractivity contribution in [1.82, 2.24) is 25.1 Å². The molecule has 2 heterocycles. The summed E-state index contributed by atoms with van der Waals surface area (Å²) in [7, 11) is 0. The highest BCUT2D eigenvalue weighted by Gasteiger charge is 2.07. The molecule has 2 aromatic rings. The van der Waals surface area contributed by atoms with Gasteiger partial charge < -0.3 is 5.32 Å². The Morgan fingerprint density at radius 1 is 1.40 bits per heavy atom. The molecule has 0 radical (unpaired) electrons. The van der Waals surface area contributed by atoms with E-state index in [0.717, 1.165) is 28.8 Å². The van der Waals surface area contributed by atoms with Crippen molar-refractivity contribution in [3.8, 4) is 0 Å². The molecule has 5 nitrogen and oxygen atoms in total. The Kier molecular flexibility index (Phi) is 2.97. The average molecular weight is 225 g/mol. The van der Waals surface area contributed by atoms with E-state index < -0.39 is 0 Å². The fourth-order valence-corrected chi connectivity index (χ4v) is 2.20. The van der Waals surface area contributed by atoms with Crippen LogP contribution in [-0.4, -0.2) is 32.4 Å². The van der Waals surface area contributed by atoms with Crippen LogP contribution < -0.4 is 5.32 Å². The number of aryl methyl sites for hydroxylation is 1. The monoisotopic (exact) mass is 225 g/mol. The molecule has 0 aromatic carbocycles. The summed E-state index contributed by atoms with van der Waals surface area (Å²) in [5.74, 6) is 0.851. The molecule has 0 amide bonds. The summed E-state index contributed by atoms with van der Waals surface area (Å²) in [5, 5.41) is 16.9. The Bertz CT molecular complexity index is 444. The van der Waals surface area contributed by atoms with Gasteiger partial charge in [-0.25, -0.2) is 0 Å². The van der Waals surface area contributed by atoms with Crippen LogP contribution in [0.5, 0.6) is 0 Å². The largest absolute Gasteiger partial charge is 0.314 e. The van der Waals surface area contributed by atoms with E-state index in [9.17, 15) is 0 Å². The van der Waals surface area contributed by atoms with Gasteiger partial charge in [0.05, 0.1) is 0 Å². The molecular formula is C9H15N5S. The highest BCUT2D eigenvalue weighted by Crippen LogP contribution is 2.13. The molecule has 82 valence electrons. The van der Waals surface area contributed by atoms with E-state index in [4.69, 9.17) is 0 Å². The summed E-state index contributed by atoms with van der Waals surface area (Å²) in [4.78, 5) is 0.882. The Labute approximate surface area is 92.5 Å². The third-order valence-corrected chi connectivity index (χ3v) is 3.04. The number of nitrogens with one attached hydrogen (secondary N) is 1. The molecule has 0 spiro atoms. The second kappa shape index (κ2) is 4.24. The van der Waals surface area contributed by atoms with Crippen LogP contribution in [0.1, 0.15) is 24.7 Å². The summed E-state index contributed by atoms with van der Waals surface area (Å²) in [6.07, 6.45) is 0.950. The van der Waals surface area contributed by atoms with Gasteiger partial charge in [-0.05, 0) is 6.92 Å². The van der Waals surface area contributed by atoms with E-state index in [0.29, 0.717) is 6.04 Å². The predicted molar refractivity (Wildman–Crippen MR) is 60.2 cm³/mol. The molecule has 0 unspecified atom stereocenters. The van der Waals surface area contributed by atoms with Gasteiger partial charge in [-0.15, -0.1) is 10.2 Å². The van der Waals surface area contributed by atoms with Crippen LogP contribution in [0.3, 0.4) is 0 Å². The average Bonchev–Trinajstić information content (AvgIpc) is 2.69. The molecule has 0 saturated heterocycles. The summed E-state index contributed by atoms with van der Waals surface area (Å²) in [6.45, 7) is 7.15. The van der Waals surface area contributed by atoms with Crippen LogP contribution in [0.4, 0.5) is 0 Å². The van der Waals surface area contributed by atoms with Gasteiger partial charge in [-0.1, -0.05) is 25.2 Å². The molecule has 0 fully saturated rings. The van der Waals surface area contributed by atoms with Gasteiger partial charge in [-0.3, -0.25) is 0 Å². The van der Waals surface area contributed by atoms with Gasteiger partial charge in [-0.2, -0.15) is 9.61 Å². The first kappa shape index (κ1) is 10.5. The molecule has 0 aliphatic carbocycles. The lowest BCUT2D eigenvalue weighted by Crippen LogP contribution is -2.24. The number of aromatic nitrogens is 4. The summed E-state index contributed by atoms with van der Waals surface area (Å²) >= 11 is 1.61. The van der Waals surface area contributed by atoms with Gasteiger partial charge in [0.1, 0.15) is 5.01 Å². The van der Waals surface area contributed by atoms with Crippen molar-refractivity contribution >= 4 is 16.3 Å². The molecule has 6 heteroatoms. The lowest BCUT2D eigenvalue weighted by molar-refractivity contribution is 0.587. The van der Waals surface area contributed by atoms with Crippen LogP contribution in [0.2, 0.25) is 0 Å². The van der Waals surface area contributed by atoms with Crippen molar-refractivity contribution in [3.05, 3.63) is 10.8 Å². The molecule has 0 atom stereocenters. The van der Waals surface area contributed by atoms with E-state index in [1.54, 1.807) is 15.9 Å². The van der Waals surface area contributed by atoms with E-state index in [2.05, 4.69) is 34.5 Å². The number of nitrogens with zero attached hydrogens (tertiary/aromatic N) is 4. The van der Waals surface area contributed by atoms with E-state index in [1.165, 1.54) is 0 Å². The summed E-state index contributed by atoms with van der Waals surface area (Å²) in [5.41, 5.74) is 0. The zero-order chi connectivity index (χ0) is 10.8. The summed E-state index contributed by atoms with van der Waals surface area (Å²) in [6, 6.07) is 0.525. The van der Waals surface area contributed by atoms with E-state index >= 15 is 0 Å². The normalized spacial score (nSPS) is 11.7. The van der Waals surface area contributed by atoms with E-state index in [-0.39, 0.29) is 0 Å². The summed E-state index contributed by atoms with van der Waals surface area (Å²) < 4.78 is 1.80. The van der Waals surface area contributed by atoms with Crippen molar-refractivity contribution in [3.63, 3.8) is 0 Å². The van der Waals surface area contributed by atoms with Crippen LogP contribution in [-0.2, 0) is 6.42 Å². The Balaban J connectivity index is 2.03. The zero-order valence-corrected chi connectivity index (χ0v) is 10.0. The third-order valence-electron chi connectivity index (χ3n) is 2.08. The fraction of sp³-hybridized carbons (Fsp3) is 0.667.